The maximum atomic E-state index is 12.5. The molecule has 2 rings (SSSR count). The highest BCUT2D eigenvalue weighted by atomic mass is 35.5. The number of allylic oxidation sites excluding steroid dienone is 1. The number of nitrogens with one attached hydrogen (secondary N) is 1. The van der Waals surface area contributed by atoms with Gasteiger partial charge < -0.3 is 15.2 Å². The molecule has 6 nitrogen and oxygen atoms in total. The minimum absolute atomic E-state index is 0.0142. The topological polar surface area (TPSA) is 92.7 Å². The number of aliphatic carboxylic acids is 1. The fourth-order valence-electron chi connectivity index (χ4n) is 2.66. The Balaban J connectivity index is 2.19. The lowest BCUT2D eigenvalue weighted by molar-refractivity contribution is -0.144. The van der Waals surface area contributed by atoms with E-state index in [2.05, 4.69) is 11.9 Å². The zero-order valence-electron chi connectivity index (χ0n) is 14.9. The molecule has 0 saturated heterocycles. The Bertz CT molecular complexity index is 787. The highest BCUT2D eigenvalue weighted by Crippen LogP contribution is 2.42. The van der Waals surface area contributed by atoms with E-state index in [-0.39, 0.29) is 46.0 Å². The molecular weight excluding hydrogens is 393 g/mol. The van der Waals surface area contributed by atoms with Crippen molar-refractivity contribution in [2.45, 2.75) is 44.6 Å². The number of halogens is 2. The van der Waals surface area contributed by atoms with Crippen molar-refractivity contribution < 1.29 is 24.2 Å². The first-order valence-electron chi connectivity index (χ1n) is 8.61. The molecule has 0 aromatic heterocycles. The zero-order valence-corrected chi connectivity index (χ0v) is 16.5. The van der Waals surface area contributed by atoms with Crippen molar-refractivity contribution >= 4 is 40.9 Å². The lowest BCUT2D eigenvalue weighted by Crippen LogP contribution is -2.56. The van der Waals surface area contributed by atoms with Crippen LogP contribution in [0.25, 0.3) is 0 Å². The molecule has 0 unspecified atom stereocenters. The van der Waals surface area contributed by atoms with Crippen molar-refractivity contribution in [2.24, 2.45) is 0 Å². The molecule has 0 bridgehead atoms. The van der Waals surface area contributed by atoms with Crippen LogP contribution in [0.5, 0.6) is 5.75 Å². The second kappa shape index (κ2) is 8.76. The van der Waals surface area contributed by atoms with E-state index in [0.29, 0.717) is 24.8 Å². The quantitative estimate of drug-likeness (QED) is 0.470. The van der Waals surface area contributed by atoms with Gasteiger partial charge >= 0.3 is 5.97 Å². The molecule has 0 radical (unpaired) electrons. The van der Waals surface area contributed by atoms with E-state index in [9.17, 15) is 14.4 Å². The molecule has 0 spiro atoms. The highest BCUT2D eigenvalue weighted by Gasteiger charge is 2.47. The van der Waals surface area contributed by atoms with Crippen LogP contribution in [0.15, 0.2) is 24.3 Å². The molecule has 1 amide bonds. The second-order valence-corrected chi connectivity index (χ2v) is 7.13. The van der Waals surface area contributed by atoms with Crippen molar-refractivity contribution in [3.63, 3.8) is 0 Å². The van der Waals surface area contributed by atoms with E-state index in [4.69, 9.17) is 33.0 Å². The SMILES string of the molecule is C=C(CC)C(=O)c1ccc(OC2(C(=O)NCCC(=O)O)CCC2)c(Cl)c1Cl. The monoisotopic (exact) mass is 413 g/mol. The molecule has 1 aliphatic carbocycles. The smallest absolute Gasteiger partial charge is 0.305 e. The number of carboxylic acid groups (broad SMARTS) is 1. The van der Waals surface area contributed by atoms with Gasteiger partial charge in [-0.05, 0) is 43.4 Å². The third-order valence-corrected chi connectivity index (χ3v) is 5.41. The third-order valence-electron chi connectivity index (χ3n) is 4.54. The van der Waals surface area contributed by atoms with E-state index in [0.717, 1.165) is 6.42 Å². The van der Waals surface area contributed by atoms with Crippen LogP contribution >= 0.6 is 23.2 Å². The predicted octanol–water partition coefficient (Wildman–Crippen LogP) is 4.03. The first-order valence-corrected chi connectivity index (χ1v) is 9.37. The van der Waals surface area contributed by atoms with E-state index in [1.54, 1.807) is 0 Å². The van der Waals surface area contributed by atoms with Crippen LogP contribution < -0.4 is 10.1 Å². The van der Waals surface area contributed by atoms with Gasteiger partial charge in [-0.1, -0.05) is 36.7 Å². The summed E-state index contributed by atoms with van der Waals surface area (Å²) >= 11 is 12.5. The second-order valence-electron chi connectivity index (χ2n) is 6.38. The van der Waals surface area contributed by atoms with Crippen molar-refractivity contribution in [3.05, 3.63) is 39.9 Å². The minimum atomic E-state index is -1.11. The summed E-state index contributed by atoms with van der Waals surface area (Å²) in [6, 6.07) is 3.01. The molecule has 1 fully saturated rings. The number of ether oxygens (including phenoxy) is 1. The van der Waals surface area contributed by atoms with Crippen molar-refractivity contribution in [3.8, 4) is 5.75 Å². The third kappa shape index (κ3) is 4.62. The Kier molecular flexibility index (Phi) is 6.89. The number of hydrogen-bond acceptors (Lipinski definition) is 4. The Morgan fingerprint density at radius 1 is 1.26 bits per heavy atom. The Hall–Kier alpha value is -2.05. The van der Waals surface area contributed by atoms with Crippen LogP contribution in [0, 0.1) is 0 Å². The predicted molar refractivity (Wildman–Crippen MR) is 103 cm³/mol. The molecule has 1 saturated carbocycles. The first kappa shape index (κ1) is 21.3. The maximum absolute atomic E-state index is 12.5. The van der Waals surface area contributed by atoms with Gasteiger partial charge in [-0.3, -0.25) is 14.4 Å². The Labute approximate surface area is 167 Å². The van der Waals surface area contributed by atoms with E-state index in [1.165, 1.54) is 12.1 Å². The summed E-state index contributed by atoms with van der Waals surface area (Å²) < 4.78 is 5.88. The number of rotatable bonds is 9. The van der Waals surface area contributed by atoms with Gasteiger partial charge in [0.2, 0.25) is 0 Å². The molecule has 1 aliphatic rings. The molecule has 1 aromatic carbocycles. The van der Waals surface area contributed by atoms with Gasteiger partial charge in [0.1, 0.15) is 10.8 Å². The van der Waals surface area contributed by atoms with Gasteiger partial charge in [0.15, 0.2) is 11.4 Å². The van der Waals surface area contributed by atoms with Crippen LogP contribution in [-0.2, 0) is 9.59 Å². The Morgan fingerprint density at radius 2 is 1.93 bits per heavy atom. The molecule has 0 atom stereocenters. The largest absolute Gasteiger partial charge is 0.481 e. The van der Waals surface area contributed by atoms with Crippen molar-refractivity contribution in [1.82, 2.24) is 5.32 Å². The molecule has 1 aromatic rings. The minimum Gasteiger partial charge on any atom is -0.481 e. The number of ketones is 1. The summed E-state index contributed by atoms with van der Waals surface area (Å²) in [5.74, 6) is -1.47. The molecule has 0 aliphatic heterocycles. The number of hydrogen-bond donors (Lipinski definition) is 2. The fourth-order valence-corrected chi connectivity index (χ4v) is 3.11. The van der Waals surface area contributed by atoms with Gasteiger partial charge in [-0.2, -0.15) is 0 Å². The number of amides is 1. The summed E-state index contributed by atoms with van der Waals surface area (Å²) in [5, 5.41) is 11.4. The van der Waals surface area contributed by atoms with Crippen LogP contribution in [0.2, 0.25) is 10.0 Å². The molecule has 8 heteroatoms. The van der Waals surface area contributed by atoms with Crippen molar-refractivity contribution in [1.29, 1.82) is 0 Å². The lowest BCUT2D eigenvalue weighted by Gasteiger charge is -2.40. The van der Waals surface area contributed by atoms with E-state index < -0.39 is 11.6 Å². The van der Waals surface area contributed by atoms with Gasteiger partial charge in [0.05, 0.1) is 11.4 Å². The van der Waals surface area contributed by atoms with E-state index >= 15 is 0 Å². The van der Waals surface area contributed by atoms with Gasteiger partial charge in [-0.15, -0.1) is 0 Å². The van der Waals surface area contributed by atoms with Crippen LogP contribution in [-0.4, -0.2) is 34.9 Å². The molecule has 2 N–H and O–H groups in total. The molecular formula is C19H21Cl2NO5. The molecule has 27 heavy (non-hydrogen) atoms. The standard InChI is InChI=1S/C19H21Cl2NO5/c1-3-11(2)17(25)12-5-6-13(16(21)15(12)20)27-19(8-4-9-19)18(26)22-10-7-14(23)24/h5-6H,2-4,7-10H2,1H3,(H,22,26)(H,23,24). The number of Topliss-reactive ketones (excluding diaryl/α,β-unsaturated/α-hetero) is 1. The number of benzene rings is 1. The first-order chi connectivity index (χ1) is 12.7. The summed E-state index contributed by atoms with van der Waals surface area (Å²) in [4.78, 5) is 35.4. The summed E-state index contributed by atoms with van der Waals surface area (Å²) in [7, 11) is 0. The lowest BCUT2D eigenvalue weighted by atomic mass is 9.79. The maximum Gasteiger partial charge on any atom is 0.305 e. The number of carboxylic acids is 1. The normalized spacial score (nSPS) is 14.8. The van der Waals surface area contributed by atoms with Crippen LogP contribution in [0.1, 0.15) is 49.4 Å². The average molecular weight is 414 g/mol. The van der Waals surface area contributed by atoms with Crippen molar-refractivity contribution in [2.75, 3.05) is 6.54 Å². The molecule has 146 valence electrons. The zero-order chi connectivity index (χ0) is 20.2. The summed E-state index contributed by atoms with van der Waals surface area (Å²) in [6.07, 6.45) is 2.07. The Morgan fingerprint density at radius 3 is 2.44 bits per heavy atom. The molecule has 0 heterocycles. The highest BCUT2D eigenvalue weighted by molar-refractivity contribution is 6.45. The van der Waals surface area contributed by atoms with Gasteiger partial charge in [0, 0.05) is 12.1 Å². The van der Waals surface area contributed by atoms with E-state index in [1.807, 2.05) is 6.92 Å². The average Bonchev–Trinajstić information content (AvgIpc) is 2.59. The van der Waals surface area contributed by atoms with Crippen LogP contribution in [0.3, 0.4) is 0 Å². The summed E-state index contributed by atoms with van der Waals surface area (Å²) in [5.41, 5.74) is -0.464. The van der Waals surface area contributed by atoms with Crippen LogP contribution in [0.4, 0.5) is 0 Å². The van der Waals surface area contributed by atoms with Gasteiger partial charge in [-0.25, -0.2) is 0 Å². The fraction of sp³-hybridized carbons (Fsp3) is 0.421. The van der Waals surface area contributed by atoms with Gasteiger partial charge in [0.25, 0.3) is 5.91 Å². The summed E-state index contributed by atoms with van der Waals surface area (Å²) in [6.45, 7) is 5.54. The number of carbonyl (C=O) groups is 3. The number of carbonyl (C=O) groups excluding carboxylic acids is 2.